The van der Waals surface area contributed by atoms with E-state index in [1.807, 2.05) is 97.1 Å². The van der Waals surface area contributed by atoms with Crippen LogP contribution in [-0.4, -0.2) is 37.7 Å². The van der Waals surface area contributed by atoms with Gasteiger partial charge in [-0.3, -0.25) is 9.59 Å². The van der Waals surface area contributed by atoms with Crippen molar-refractivity contribution >= 4 is 62.8 Å². The Hall–Kier alpha value is -7.14. The molecular formula is C56H65N9O2. The Labute approximate surface area is 397 Å². The van der Waals surface area contributed by atoms with Crippen LogP contribution in [0.5, 0.6) is 0 Å². The number of nitrogens with two attached hydrogens (primary N) is 1. The van der Waals surface area contributed by atoms with Gasteiger partial charge in [-0.15, -0.1) is 0 Å². The van der Waals surface area contributed by atoms with Gasteiger partial charge in [-0.05, 0) is 172 Å². The maximum Gasteiger partial charge on any atom is 0.162 e. The molecule has 8 rings (SSSR count). The predicted molar refractivity (Wildman–Crippen MR) is 275 cm³/mol. The molecule has 2 heterocycles. The number of nitrogen functional groups attached to an aromatic ring is 1. The number of carbonyl (C=O) groups excluding carboxylic acids is 2. The highest BCUT2D eigenvalue weighted by Crippen LogP contribution is 2.27. The van der Waals surface area contributed by atoms with Gasteiger partial charge >= 0.3 is 0 Å². The maximum atomic E-state index is 12.2. The molecule has 0 spiro atoms. The lowest BCUT2D eigenvalue weighted by Gasteiger charge is -2.17. The number of Topliss-reactive ketones (excluding diaryl/α,β-unsaturated/α-hetero) is 2. The third-order valence-electron chi connectivity index (χ3n) is 11.5. The van der Waals surface area contributed by atoms with Crippen molar-refractivity contribution in [2.24, 2.45) is 30.7 Å². The van der Waals surface area contributed by atoms with Gasteiger partial charge in [0.05, 0.1) is 34.1 Å². The summed E-state index contributed by atoms with van der Waals surface area (Å²) in [4.78, 5) is 29.0. The fraction of sp³-hybridized carbons (Fsp3) is 0.321. The number of ketones is 2. The van der Waals surface area contributed by atoms with E-state index in [2.05, 4.69) is 96.8 Å². The van der Waals surface area contributed by atoms with Gasteiger partial charge in [-0.1, -0.05) is 57.7 Å². The number of para-hydroxylation sites is 1. The first-order chi connectivity index (χ1) is 32.9. The van der Waals surface area contributed by atoms with E-state index in [1.54, 1.807) is 12.1 Å². The standard InChI is InChI=1S/C28H31N5O.C18H21N3O.C10H13N/c1-2-3-4-7-28(34)22-8-10-23(11-9-22)29-30-24-12-14-25(15-13-24)31-32-26-16-18-27(19-17-26)33-20-5-6-21-33;1-2-3-4-5-18(22)14-6-10-16(11-7-14)20-21-17-12-8-15(19)9-13-17;1-2-6-10(7-3-1)11-8-4-5-9-11/h8-19H,2-7,20-21H2,1H3;6-13H,2-5,19H2,1H3;1-3,6-7H,4-5,8-9H2. The molecule has 0 radical (unpaired) electrons. The largest absolute Gasteiger partial charge is 0.399 e. The first-order valence-electron chi connectivity index (χ1n) is 24.0. The summed E-state index contributed by atoms with van der Waals surface area (Å²) in [7, 11) is 0. The normalized spacial score (nSPS) is 13.5. The van der Waals surface area contributed by atoms with E-state index in [9.17, 15) is 9.59 Å². The predicted octanol–water partition coefficient (Wildman–Crippen LogP) is 16.6. The summed E-state index contributed by atoms with van der Waals surface area (Å²) in [6.45, 7) is 9.01. The third-order valence-corrected chi connectivity index (χ3v) is 11.5. The Balaban J connectivity index is 0.000000190. The number of hydrogen-bond acceptors (Lipinski definition) is 11. The average Bonchev–Trinajstić information content (AvgIpc) is 4.14. The van der Waals surface area contributed by atoms with Crippen LogP contribution >= 0.6 is 0 Å². The van der Waals surface area contributed by atoms with E-state index < -0.39 is 0 Å². The van der Waals surface area contributed by atoms with Crippen molar-refractivity contribution in [3.05, 3.63) is 163 Å². The summed E-state index contributed by atoms with van der Waals surface area (Å²) in [6, 6.07) is 48.1. The van der Waals surface area contributed by atoms with Crippen molar-refractivity contribution in [2.45, 2.75) is 90.9 Å². The average molecular weight is 896 g/mol. The zero-order valence-corrected chi connectivity index (χ0v) is 39.2. The Morgan fingerprint density at radius 3 is 1.04 bits per heavy atom. The fourth-order valence-electron chi connectivity index (χ4n) is 7.58. The Morgan fingerprint density at radius 2 is 0.701 bits per heavy atom. The van der Waals surface area contributed by atoms with E-state index in [-0.39, 0.29) is 11.6 Å². The maximum absolute atomic E-state index is 12.2. The van der Waals surface area contributed by atoms with Crippen molar-refractivity contribution < 1.29 is 9.59 Å². The molecule has 0 bridgehead atoms. The number of unbranched alkanes of at least 4 members (excludes halogenated alkanes) is 4. The van der Waals surface area contributed by atoms with Crippen LogP contribution < -0.4 is 15.5 Å². The van der Waals surface area contributed by atoms with Crippen LogP contribution in [0.25, 0.3) is 0 Å². The van der Waals surface area contributed by atoms with Gasteiger partial charge in [-0.25, -0.2) is 0 Å². The first kappa shape index (κ1) is 49.3. The van der Waals surface area contributed by atoms with Crippen molar-refractivity contribution in [2.75, 3.05) is 41.7 Å². The van der Waals surface area contributed by atoms with Gasteiger partial charge in [0, 0.05) is 67.2 Å². The Morgan fingerprint density at radius 1 is 0.403 bits per heavy atom. The topological polar surface area (TPSA) is 141 Å². The zero-order chi connectivity index (χ0) is 46.9. The molecule has 0 saturated carbocycles. The molecule has 6 aromatic rings. The molecule has 2 N–H and O–H groups in total. The van der Waals surface area contributed by atoms with Gasteiger partial charge in [0.15, 0.2) is 11.6 Å². The molecule has 11 nitrogen and oxygen atoms in total. The summed E-state index contributed by atoms with van der Waals surface area (Å²) in [6.07, 6.45) is 12.8. The minimum Gasteiger partial charge on any atom is -0.399 e. The van der Waals surface area contributed by atoms with Crippen LogP contribution in [0, 0.1) is 0 Å². The second-order valence-electron chi connectivity index (χ2n) is 16.8. The zero-order valence-electron chi connectivity index (χ0n) is 39.2. The van der Waals surface area contributed by atoms with Crippen molar-refractivity contribution in [1.29, 1.82) is 0 Å². The number of rotatable bonds is 18. The van der Waals surface area contributed by atoms with Crippen molar-refractivity contribution in [3.8, 4) is 0 Å². The summed E-state index contributed by atoms with van der Waals surface area (Å²) in [5.41, 5.74) is 14.9. The Bertz CT molecular complexity index is 2460. The second-order valence-corrected chi connectivity index (χ2v) is 16.8. The number of anilines is 3. The lowest BCUT2D eigenvalue weighted by Crippen LogP contribution is -2.17. The molecule has 6 aromatic carbocycles. The first-order valence-corrected chi connectivity index (χ1v) is 24.0. The molecule has 0 aliphatic carbocycles. The number of benzene rings is 6. The van der Waals surface area contributed by atoms with E-state index in [4.69, 9.17) is 5.73 Å². The summed E-state index contributed by atoms with van der Waals surface area (Å²) >= 11 is 0. The summed E-state index contributed by atoms with van der Waals surface area (Å²) in [5.74, 6) is 0.375. The molecular weight excluding hydrogens is 831 g/mol. The smallest absolute Gasteiger partial charge is 0.162 e. The van der Waals surface area contributed by atoms with Crippen LogP contribution in [0.3, 0.4) is 0 Å². The molecule has 0 amide bonds. The van der Waals surface area contributed by atoms with Crippen LogP contribution in [-0.2, 0) is 0 Å². The molecule has 0 atom stereocenters. The highest BCUT2D eigenvalue weighted by Gasteiger charge is 2.13. The third kappa shape index (κ3) is 17.0. The van der Waals surface area contributed by atoms with E-state index >= 15 is 0 Å². The number of carbonyl (C=O) groups is 2. The quantitative estimate of drug-likeness (QED) is 0.0396. The minimum absolute atomic E-state index is 0.184. The van der Waals surface area contributed by atoms with Gasteiger partial charge in [0.25, 0.3) is 0 Å². The van der Waals surface area contributed by atoms with E-state index in [0.29, 0.717) is 24.2 Å². The van der Waals surface area contributed by atoms with Crippen LogP contribution in [0.4, 0.5) is 51.2 Å². The van der Waals surface area contributed by atoms with Crippen LogP contribution in [0.2, 0.25) is 0 Å². The molecule has 346 valence electrons. The van der Waals surface area contributed by atoms with Crippen molar-refractivity contribution in [1.82, 2.24) is 0 Å². The molecule has 2 saturated heterocycles. The van der Waals surface area contributed by atoms with Gasteiger partial charge < -0.3 is 15.5 Å². The molecule has 0 unspecified atom stereocenters. The Kier molecular flexibility index (Phi) is 20.1. The molecule has 0 aromatic heterocycles. The molecule has 11 heteroatoms. The van der Waals surface area contributed by atoms with E-state index in [1.165, 1.54) is 50.1 Å². The lowest BCUT2D eigenvalue weighted by atomic mass is 10.0. The van der Waals surface area contributed by atoms with Gasteiger partial charge in [0.1, 0.15) is 0 Å². The summed E-state index contributed by atoms with van der Waals surface area (Å²) < 4.78 is 0. The number of azo groups is 3. The molecule has 2 aliphatic rings. The molecule has 2 fully saturated rings. The minimum atomic E-state index is 0.184. The molecule has 2 aliphatic heterocycles. The number of hydrogen-bond donors (Lipinski definition) is 1. The summed E-state index contributed by atoms with van der Waals surface area (Å²) in [5, 5.41) is 25.5. The van der Waals surface area contributed by atoms with E-state index in [0.717, 1.165) is 91.2 Å². The highest BCUT2D eigenvalue weighted by molar-refractivity contribution is 5.96. The number of nitrogens with zero attached hydrogens (tertiary/aromatic N) is 8. The SMILES string of the molecule is CCCCCC(=O)c1ccc(N=Nc2ccc(N)cc2)cc1.CCCCCC(=O)c1ccc(N=Nc2ccc(N=Nc3ccc(N4CCCC4)cc3)cc2)cc1.c1ccc(N2CCCC2)cc1. The second kappa shape index (κ2) is 27.4. The van der Waals surface area contributed by atoms with Gasteiger partial charge in [0.2, 0.25) is 0 Å². The van der Waals surface area contributed by atoms with Crippen LogP contribution in [0.1, 0.15) is 112 Å². The lowest BCUT2D eigenvalue weighted by molar-refractivity contribution is 0.0971. The van der Waals surface area contributed by atoms with Crippen molar-refractivity contribution in [3.63, 3.8) is 0 Å². The molecule has 67 heavy (non-hydrogen) atoms. The fourth-order valence-corrected chi connectivity index (χ4v) is 7.58. The monoisotopic (exact) mass is 896 g/mol. The van der Waals surface area contributed by atoms with Crippen LogP contribution in [0.15, 0.2) is 182 Å². The van der Waals surface area contributed by atoms with Gasteiger partial charge in [-0.2, -0.15) is 30.7 Å². The highest BCUT2D eigenvalue weighted by atomic mass is 16.1.